The minimum absolute atomic E-state index is 0.0867. The monoisotopic (exact) mass is 465 g/mol. The summed E-state index contributed by atoms with van der Waals surface area (Å²) in [5.41, 5.74) is 7.52. The van der Waals surface area contributed by atoms with Crippen molar-refractivity contribution in [3.63, 3.8) is 0 Å². The van der Waals surface area contributed by atoms with Crippen molar-refractivity contribution < 1.29 is 4.79 Å². The van der Waals surface area contributed by atoms with Crippen LogP contribution < -0.4 is 21.5 Å². The Hall–Kier alpha value is -3.88. The van der Waals surface area contributed by atoms with Crippen LogP contribution in [0.1, 0.15) is 10.6 Å². The molecule has 4 N–H and O–H groups in total. The summed E-state index contributed by atoms with van der Waals surface area (Å²) in [5.74, 6) is -0.252. The van der Waals surface area contributed by atoms with Gasteiger partial charge in [0.15, 0.2) is 0 Å². The second-order valence-corrected chi connectivity index (χ2v) is 7.39. The Balaban J connectivity index is 1.58. The molecule has 32 heavy (non-hydrogen) atoms. The minimum atomic E-state index is -0.533. The van der Waals surface area contributed by atoms with E-state index in [0.29, 0.717) is 27.1 Å². The van der Waals surface area contributed by atoms with E-state index in [9.17, 15) is 4.79 Å². The predicted octanol–water partition coefficient (Wildman–Crippen LogP) is 5.42. The molecule has 0 radical (unpaired) electrons. The van der Waals surface area contributed by atoms with E-state index in [1.165, 1.54) is 0 Å². The Labute approximate surface area is 194 Å². The van der Waals surface area contributed by atoms with E-state index in [-0.39, 0.29) is 17.7 Å². The van der Waals surface area contributed by atoms with E-state index < -0.39 is 5.91 Å². The predicted molar refractivity (Wildman–Crippen MR) is 127 cm³/mol. The fourth-order valence-corrected chi connectivity index (χ4v) is 2.87. The van der Waals surface area contributed by atoms with Crippen LogP contribution in [0.3, 0.4) is 0 Å². The van der Waals surface area contributed by atoms with Crippen LogP contribution in [0.4, 0.5) is 29.0 Å². The topological polar surface area (TPSA) is 104 Å². The molecule has 3 aromatic carbocycles. The highest BCUT2D eigenvalue weighted by Crippen LogP contribution is 2.20. The maximum absolute atomic E-state index is 12.7. The number of hydrazine groups is 1. The zero-order valence-corrected chi connectivity index (χ0v) is 18.0. The smallest absolute Gasteiger partial charge is 0.307 e. The number of nitrogens with zero attached hydrogens (tertiary/aromatic N) is 3. The number of benzene rings is 3. The van der Waals surface area contributed by atoms with Crippen molar-refractivity contribution in [3.8, 4) is 0 Å². The number of nitrogens with one attached hydrogen (secondary N) is 4. The van der Waals surface area contributed by atoms with Gasteiger partial charge >= 0.3 is 5.91 Å². The lowest BCUT2D eigenvalue weighted by molar-refractivity contribution is 0.0952. The molecule has 4 rings (SSSR count). The first-order chi connectivity index (χ1) is 15.5. The number of carbonyl (C=O) groups is 1. The molecular weight excluding hydrogens is 449 g/mol. The summed E-state index contributed by atoms with van der Waals surface area (Å²) in [6.07, 6.45) is 0. The number of halogens is 2. The molecule has 160 valence electrons. The fraction of sp³-hybridized carbons (Fsp3) is 0. The van der Waals surface area contributed by atoms with Gasteiger partial charge in [-0.2, -0.15) is 15.0 Å². The first kappa shape index (κ1) is 21.4. The molecule has 1 heterocycles. The van der Waals surface area contributed by atoms with Crippen LogP contribution in [-0.2, 0) is 0 Å². The average molecular weight is 466 g/mol. The van der Waals surface area contributed by atoms with Gasteiger partial charge in [0.2, 0.25) is 17.7 Å². The van der Waals surface area contributed by atoms with Gasteiger partial charge in [-0.15, -0.1) is 0 Å². The van der Waals surface area contributed by atoms with Gasteiger partial charge in [0.25, 0.3) is 0 Å². The summed E-state index contributed by atoms with van der Waals surface area (Å²) >= 11 is 11.9. The van der Waals surface area contributed by atoms with Crippen LogP contribution >= 0.6 is 23.2 Å². The van der Waals surface area contributed by atoms with Gasteiger partial charge in [0.05, 0.1) is 5.69 Å². The van der Waals surface area contributed by atoms with Crippen molar-refractivity contribution in [1.82, 2.24) is 20.4 Å². The van der Waals surface area contributed by atoms with Crippen molar-refractivity contribution in [3.05, 3.63) is 94.7 Å². The molecule has 0 spiro atoms. The van der Waals surface area contributed by atoms with E-state index in [1.807, 2.05) is 30.3 Å². The second-order valence-electron chi connectivity index (χ2n) is 6.52. The molecule has 0 bridgehead atoms. The Bertz CT molecular complexity index is 1140. The Kier molecular flexibility index (Phi) is 6.64. The molecule has 1 amide bonds. The normalized spacial score (nSPS) is 10.3. The molecule has 0 aliphatic carbocycles. The van der Waals surface area contributed by atoms with Gasteiger partial charge in [0.1, 0.15) is 0 Å². The zero-order valence-electron chi connectivity index (χ0n) is 16.5. The molecule has 0 unspecified atom stereocenters. The van der Waals surface area contributed by atoms with E-state index in [1.54, 1.807) is 48.5 Å². The number of anilines is 5. The number of carbonyl (C=O) groups excluding carboxylic acids is 1. The second kappa shape index (κ2) is 9.95. The fourth-order valence-electron chi connectivity index (χ4n) is 2.62. The van der Waals surface area contributed by atoms with E-state index in [0.717, 1.165) is 0 Å². The van der Waals surface area contributed by atoms with E-state index >= 15 is 0 Å². The van der Waals surface area contributed by atoms with Crippen molar-refractivity contribution in [2.45, 2.75) is 0 Å². The first-order valence-electron chi connectivity index (χ1n) is 9.48. The molecule has 0 saturated heterocycles. The molecule has 0 aliphatic rings. The molecule has 4 aromatic rings. The van der Waals surface area contributed by atoms with Gasteiger partial charge in [-0.05, 0) is 60.7 Å². The number of rotatable bonds is 7. The SMILES string of the molecule is O=C(NNc1ccccc1)c1nc(Nc2ccc(Cl)cc2)nc(Nc2ccc(Cl)cc2)n1. The van der Waals surface area contributed by atoms with Crippen molar-refractivity contribution in [2.75, 3.05) is 16.1 Å². The van der Waals surface area contributed by atoms with Crippen molar-refractivity contribution in [2.24, 2.45) is 0 Å². The lowest BCUT2D eigenvalue weighted by atomic mass is 10.3. The summed E-state index contributed by atoms with van der Waals surface area (Å²) in [6, 6.07) is 23.2. The molecule has 0 fully saturated rings. The summed E-state index contributed by atoms with van der Waals surface area (Å²) < 4.78 is 0. The average Bonchev–Trinajstić information content (AvgIpc) is 2.81. The highest BCUT2D eigenvalue weighted by Gasteiger charge is 2.14. The molecule has 0 saturated carbocycles. The number of amides is 1. The third kappa shape index (κ3) is 5.84. The van der Waals surface area contributed by atoms with Crippen LogP contribution in [0.15, 0.2) is 78.9 Å². The van der Waals surface area contributed by atoms with Crippen LogP contribution in [0, 0.1) is 0 Å². The lowest BCUT2D eigenvalue weighted by Gasteiger charge is -2.11. The standard InChI is InChI=1S/C22H17Cl2N7O/c23-14-6-10-16(11-7-14)25-21-27-19(20(32)31-30-18-4-2-1-3-5-18)28-22(29-21)26-17-12-8-15(24)9-13-17/h1-13,30H,(H,31,32)(H2,25,26,27,28,29). The van der Waals surface area contributed by atoms with Crippen LogP contribution in [0.5, 0.6) is 0 Å². The van der Waals surface area contributed by atoms with Crippen molar-refractivity contribution >= 4 is 58.1 Å². The van der Waals surface area contributed by atoms with Crippen molar-refractivity contribution in [1.29, 1.82) is 0 Å². The summed E-state index contributed by atoms with van der Waals surface area (Å²) in [6.45, 7) is 0. The Morgan fingerprint density at radius 3 is 1.62 bits per heavy atom. The summed E-state index contributed by atoms with van der Waals surface area (Å²) in [5, 5.41) is 7.31. The highest BCUT2D eigenvalue weighted by molar-refractivity contribution is 6.30. The number of hydrogen-bond donors (Lipinski definition) is 4. The highest BCUT2D eigenvalue weighted by atomic mass is 35.5. The quantitative estimate of drug-likeness (QED) is 0.270. The van der Waals surface area contributed by atoms with Gasteiger partial charge in [0, 0.05) is 21.4 Å². The van der Waals surface area contributed by atoms with Gasteiger partial charge in [-0.1, -0.05) is 41.4 Å². The van der Waals surface area contributed by atoms with Crippen LogP contribution in [0.2, 0.25) is 10.0 Å². The molecule has 8 nitrogen and oxygen atoms in total. The lowest BCUT2D eigenvalue weighted by Crippen LogP contribution is -2.31. The molecule has 10 heteroatoms. The molecule has 0 atom stereocenters. The third-order valence-corrected chi connectivity index (χ3v) is 4.64. The van der Waals surface area contributed by atoms with Gasteiger partial charge in [-0.25, -0.2) is 0 Å². The largest absolute Gasteiger partial charge is 0.324 e. The number of aromatic nitrogens is 3. The van der Waals surface area contributed by atoms with Gasteiger partial charge in [-0.3, -0.25) is 15.6 Å². The maximum Gasteiger partial charge on any atom is 0.307 e. The summed E-state index contributed by atoms with van der Waals surface area (Å²) in [7, 11) is 0. The van der Waals surface area contributed by atoms with Crippen LogP contribution in [0.25, 0.3) is 0 Å². The summed E-state index contributed by atoms with van der Waals surface area (Å²) in [4.78, 5) is 25.5. The van der Waals surface area contributed by atoms with E-state index in [2.05, 4.69) is 36.4 Å². The van der Waals surface area contributed by atoms with E-state index in [4.69, 9.17) is 23.2 Å². The minimum Gasteiger partial charge on any atom is -0.324 e. The molecule has 0 aliphatic heterocycles. The maximum atomic E-state index is 12.7. The van der Waals surface area contributed by atoms with Crippen LogP contribution in [-0.4, -0.2) is 20.9 Å². The number of hydrogen-bond acceptors (Lipinski definition) is 7. The Morgan fingerprint density at radius 1 is 0.625 bits per heavy atom. The zero-order chi connectivity index (χ0) is 22.3. The first-order valence-corrected chi connectivity index (χ1v) is 10.2. The third-order valence-electron chi connectivity index (χ3n) is 4.13. The molecule has 1 aromatic heterocycles. The number of para-hydroxylation sites is 1. The molecular formula is C22H17Cl2N7O. The Morgan fingerprint density at radius 2 is 1.12 bits per heavy atom. The van der Waals surface area contributed by atoms with Gasteiger partial charge < -0.3 is 10.6 Å².